The van der Waals surface area contributed by atoms with Crippen LogP contribution >= 0.6 is 0 Å². The van der Waals surface area contributed by atoms with Crippen molar-refractivity contribution in [1.82, 2.24) is 0 Å². The first kappa shape index (κ1) is 8.55. The SMILES string of the molecule is CCC1C(N)C2CCCCCC12. The van der Waals surface area contributed by atoms with Crippen molar-refractivity contribution in [2.75, 3.05) is 0 Å². The molecule has 0 aromatic rings. The van der Waals surface area contributed by atoms with Crippen LogP contribution in [0.3, 0.4) is 0 Å². The number of fused-ring (bicyclic) bond motifs is 1. The minimum absolute atomic E-state index is 0.554. The van der Waals surface area contributed by atoms with Gasteiger partial charge in [0.05, 0.1) is 0 Å². The smallest absolute Gasteiger partial charge is 0.0101 e. The average molecular weight is 167 g/mol. The molecule has 0 amide bonds. The van der Waals surface area contributed by atoms with E-state index in [4.69, 9.17) is 5.73 Å². The van der Waals surface area contributed by atoms with E-state index in [1.807, 2.05) is 0 Å². The topological polar surface area (TPSA) is 26.0 Å². The van der Waals surface area contributed by atoms with Crippen LogP contribution in [0.1, 0.15) is 45.4 Å². The molecule has 1 heteroatoms. The van der Waals surface area contributed by atoms with Crippen LogP contribution in [0.15, 0.2) is 0 Å². The Hall–Kier alpha value is -0.0400. The summed E-state index contributed by atoms with van der Waals surface area (Å²) in [6.07, 6.45) is 8.55. The Balaban J connectivity index is 1.98. The second kappa shape index (κ2) is 3.37. The van der Waals surface area contributed by atoms with E-state index in [0.29, 0.717) is 6.04 Å². The highest BCUT2D eigenvalue weighted by molar-refractivity contribution is 4.99. The molecule has 12 heavy (non-hydrogen) atoms. The summed E-state index contributed by atoms with van der Waals surface area (Å²) < 4.78 is 0. The third-order valence-electron chi connectivity index (χ3n) is 4.13. The van der Waals surface area contributed by atoms with Crippen molar-refractivity contribution in [2.24, 2.45) is 23.5 Å². The number of hydrogen-bond acceptors (Lipinski definition) is 1. The van der Waals surface area contributed by atoms with Gasteiger partial charge >= 0.3 is 0 Å². The average Bonchev–Trinajstić information content (AvgIpc) is 2.28. The summed E-state index contributed by atoms with van der Waals surface area (Å²) in [5, 5.41) is 0. The molecule has 2 N–H and O–H groups in total. The normalized spacial score (nSPS) is 47.5. The maximum absolute atomic E-state index is 6.16. The molecular weight excluding hydrogens is 146 g/mol. The predicted molar refractivity (Wildman–Crippen MR) is 51.8 cm³/mol. The van der Waals surface area contributed by atoms with Crippen LogP contribution in [0.5, 0.6) is 0 Å². The van der Waals surface area contributed by atoms with Crippen LogP contribution in [0.2, 0.25) is 0 Å². The maximum atomic E-state index is 6.16. The van der Waals surface area contributed by atoms with Crippen LogP contribution in [0.25, 0.3) is 0 Å². The minimum atomic E-state index is 0.554. The monoisotopic (exact) mass is 167 g/mol. The Bertz CT molecular complexity index is 155. The van der Waals surface area contributed by atoms with Gasteiger partial charge in [0.2, 0.25) is 0 Å². The zero-order chi connectivity index (χ0) is 8.55. The molecular formula is C11H21N. The van der Waals surface area contributed by atoms with E-state index in [2.05, 4.69) is 6.92 Å². The van der Waals surface area contributed by atoms with Gasteiger partial charge in [-0.2, -0.15) is 0 Å². The number of nitrogens with two attached hydrogens (primary N) is 1. The molecule has 2 rings (SSSR count). The molecule has 4 atom stereocenters. The van der Waals surface area contributed by atoms with E-state index >= 15 is 0 Å². The van der Waals surface area contributed by atoms with Gasteiger partial charge < -0.3 is 5.73 Å². The first-order valence-corrected chi connectivity index (χ1v) is 5.60. The number of hydrogen-bond donors (Lipinski definition) is 1. The van der Waals surface area contributed by atoms with Crippen molar-refractivity contribution < 1.29 is 0 Å². The molecule has 4 unspecified atom stereocenters. The van der Waals surface area contributed by atoms with Gasteiger partial charge in [-0.1, -0.05) is 32.6 Å². The van der Waals surface area contributed by atoms with Crippen molar-refractivity contribution >= 4 is 0 Å². The molecule has 2 aliphatic rings. The van der Waals surface area contributed by atoms with Crippen molar-refractivity contribution in [3.63, 3.8) is 0 Å². The molecule has 0 radical (unpaired) electrons. The lowest BCUT2D eigenvalue weighted by Crippen LogP contribution is -2.55. The van der Waals surface area contributed by atoms with Gasteiger partial charge in [0.25, 0.3) is 0 Å². The molecule has 0 bridgehead atoms. The fourth-order valence-corrected chi connectivity index (χ4v) is 3.41. The standard InChI is InChI=1S/C11H21N/c1-2-8-9-6-4-3-5-7-10(9)11(8)12/h8-11H,2-7,12H2,1H3. The fourth-order valence-electron chi connectivity index (χ4n) is 3.41. The third-order valence-corrected chi connectivity index (χ3v) is 4.13. The molecule has 2 fully saturated rings. The van der Waals surface area contributed by atoms with E-state index in [9.17, 15) is 0 Å². The second-order valence-corrected chi connectivity index (χ2v) is 4.62. The third kappa shape index (κ3) is 1.19. The number of rotatable bonds is 1. The fraction of sp³-hybridized carbons (Fsp3) is 1.00. The Morgan fingerprint density at radius 2 is 1.75 bits per heavy atom. The van der Waals surface area contributed by atoms with E-state index in [1.165, 1.54) is 38.5 Å². The second-order valence-electron chi connectivity index (χ2n) is 4.62. The summed E-state index contributed by atoms with van der Waals surface area (Å²) in [5.74, 6) is 2.78. The van der Waals surface area contributed by atoms with Crippen LogP contribution in [-0.4, -0.2) is 6.04 Å². The minimum Gasteiger partial charge on any atom is -0.327 e. The summed E-state index contributed by atoms with van der Waals surface area (Å²) in [6.45, 7) is 2.30. The quantitative estimate of drug-likeness (QED) is 0.638. The molecule has 0 aromatic heterocycles. The summed E-state index contributed by atoms with van der Waals surface area (Å²) in [6, 6.07) is 0.554. The van der Waals surface area contributed by atoms with Gasteiger partial charge in [0.15, 0.2) is 0 Å². The first-order chi connectivity index (χ1) is 5.84. The molecule has 0 saturated heterocycles. The Morgan fingerprint density at radius 3 is 2.42 bits per heavy atom. The zero-order valence-corrected chi connectivity index (χ0v) is 8.13. The van der Waals surface area contributed by atoms with Gasteiger partial charge in [-0.15, -0.1) is 0 Å². The molecule has 2 aliphatic carbocycles. The van der Waals surface area contributed by atoms with Crippen LogP contribution in [0, 0.1) is 17.8 Å². The zero-order valence-electron chi connectivity index (χ0n) is 8.13. The van der Waals surface area contributed by atoms with Gasteiger partial charge in [0.1, 0.15) is 0 Å². The van der Waals surface area contributed by atoms with Gasteiger partial charge in [-0.05, 0) is 30.6 Å². The van der Waals surface area contributed by atoms with Gasteiger partial charge in [0, 0.05) is 6.04 Å². The molecule has 0 aliphatic heterocycles. The lowest BCUT2D eigenvalue weighted by molar-refractivity contribution is 0.0273. The highest BCUT2D eigenvalue weighted by Crippen LogP contribution is 2.48. The van der Waals surface area contributed by atoms with Crippen LogP contribution < -0.4 is 5.73 Å². The van der Waals surface area contributed by atoms with E-state index < -0.39 is 0 Å². The lowest BCUT2D eigenvalue weighted by atomic mass is 9.58. The van der Waals surface area contributed by atoms with E-state index in [0.717, 1.165) is 17.8 Å². The molecule has 70 valence electrons. The summed E-state index contributed by atoms with van der Waals surface area (Å²) >= 11 is 0. The molecule has 1 nitrogen and oxygen atoms in total. The van der Waals surface area contributed by atoms with Gasteiger partial charge in [-0.3, -0.25) is 0 Å². The molecule has 0 heterocycles. The Kier molecular flexibility index (Phi) is 2.40. The largest absolute Gasteiger partial charge is 0.327 e. The maximum Gasteiger partial charge on any atom is 0.0101 e. The summed E-state index contributed by atoms with van der Waals surface area (Å²) in [7, 11) is 0. The molecule has 0 aromatic carbocycles. The van der Waals surface area contributed by atoms with Crippen LogP contribution in [-0.2, 0) is 0 Å². The van der Waals surface area contributed by atoms with Crippen molar-refractivity contribution in [2.45, 2.75) is 51.5 Å². The van der Waals surface area contributed by atoms with Crippen molar-refractivity contribution in [3.05, 3.63) is 0 Å². The highest BCUT2D eigenvalue weighted by atomic mass is 14.8. The van der Waals surface area contributed by atoms with Crippen molar-refractivity contribution in [1.29, 1.82) is 0 Å². The van der Waals surface area contributed by atoms with Gasteiger partial charge in [-0.25, -0.2) is 0 Å². The summed E-state index contributed by atoms with van der Waals surface area (Å²) in [4.78, 5) is 0. The highest BCUT2D eigenvalue weighted by Gasteiger charge is 2.46. The molecule has 0 spiro atoms. The van der Waals surface area contributed by atoms with Crippen molar-refractivity contribution in [3.8, 4) is 0 Å². The molecule has 2 saturated carbocycles. The predicted octanol–water partition coefficient (Wildman–Crippen LogP) is 2.55. The van der Waals surface area contributed by atoms with E-state index in [1.54, 1.807) is 0 Å². The Labute approximate surface area is 75.7 Å². The van der Waals surface area contributed by atoms with Crippen LogP contribution in [0.4, 0.5) is 0 Å². The summed E-state index contributed by atoms with van der Waals surface area (Å²) in [5.41, 5.74) is 6.16. The van der Waals surface area contributed by atoms with E-state index in [-0.39, 0.29) is 0 Å². The Morgan fingerprint density at radius 1 is 1.08 bits per heavy atom. The first-order valence-electron chi connectivity index (χ1n) is 5.60. The lowest BCUT2D eigenvalue weighted by Gasteiger charge is -2.50.